The van der Waals surface area contributed by atoms with Crippen LogP contribution in [0.25, 0.3) is 0 Å². The van der Waals surface area contributed by atoms with Crippen molar-refractivity contribution in [3.8, 4) is 0 Å². The molecule has 5 nitrogen and oxygen atoms in total. The lowest BCUT2D eigenvalue weighted by Crippen LogP contribution is -2.30. The molecule has 1 amide bonds. The maximum absolute atomic E-state index is 11.8. The van der Waals surface area contributed by atoms with Gasteiger partial charge < -0.3 is 10.6 Å². The summed E-state index contributed by atoms with van der Waals surface area (Å²) in [6.45, 7) is 8.14. The summed E-state index contributed by atoms with van der Waals surface area (Å²) in [7, 11) is 0. The van der Waals surface area contributed by atoms with Crippen LogP contribution in [0.5, 0.6) is 0 Å². The highest BCUT2D eigenvalue weighted by Crippen LogP contribution is 2.18. The van der Waals surface area contributed by atoms with Crippen LogP contribution >= 0.6 is 0 Å². The Bertz CT molecular complexity index is 618. The van der Waals surface area contributed by atoms with Gasteiger partial charge in [0.2, 0.25) is 5.95 Å². The zero-order valence-electron chi connectivity index (χ0n) is 13.4. The molecule has 0 saturated carbocycles. The van der Waals surface area contributed by atoms with Gasteiger partial charge in [-0.15, -0.1) is 0 Å². The number of nitrogens with zero attached hydrogens (tertiary/aromatic N) is 2. The van der Waals surface area contributed by atoms with Crippen LogP contribution in [0.2, 0.25) is 0 Å². The highest BCUT2D eigenvalue weighted by molar-refractivity contribution is 5.93. The molecule has 2 rings (SSSR count). The number of carbonyl (C=O) groups excluding carboxylic acids is 1. The summed E-state index contributed by atoms with van der Waals surface area (Å²) in [6.07, 6.45) is 3.05. The Morgan fingerprint density at radius 2 is 1.59 bits per heavy atom. The summed E-state index contributed by atoms with van der Waals surface area (Å²) < 4.78 is 0. The molecule has 2 aromatic rings. The fourth-order valence-corrected chi connectivity index (χ4v) is 1.94. The molecule has 0 unspecified atom stereocenters. The van der Waals surface area contributed by atoms with Crippen molar-refractivity contribution in [2.24, 2.45) is 0 Å². The monoisotopic (exact) mass is 298 g/mol. The van der Waals surface area contributed by atoms with E-state index in [-0.39, 0.29) is 11.9 Å². The first-order valence-electron chi connectivity index (χ1n) is 7.45. The quantitative estimate of drug-likeness (QED) is 0.887. The van der Waals surface area contributed by atoms with Gasteiger partial charge in [0, 0.05) is 24.1 Å². The van der Waals surface area contributed by atoms with Crippen LogP contribution in [0, 0.1) is 0 Å². The van der Waals surface area contributed by atoms with E-state index in [9.17, 15) is 4.79 Å². The summed E-state index contributed by atoms with van der Waals surface area (Å²) in [5.74, 6) is 0.810. The Morgan fingerprint density at radius 3 is 2.09 bits per heavy atom. The van der Waals surface area contributed by atoms with Gasteiger partial charge in [-0.2, -0.15) is 0 Å². The van der Waals surface area contributed by atoms with Gasteiger partial charge in [0.15, 0.2) is 0 Å². The lowest BCUT2D eigenvalue weighted by molar-refractivity contribution is 0.0942. The number of anilines is 2. The Kier molecular flexibility index (Phi) is 5.09. The van der Waals surface area contributed by atoms with Gasteiger partial charge in [-0.3, -0.25) is 4.79 Å². The number of amides is 1. The van der Waals surface area contributed by atoms with Crippen molar-refractivity contribution in [3.05, 3.63) is 47.8 Å². The molecule has 0 aliphatic carbocycles. The third-order valence-corrected chi connectivity index (χ3v) is 3.17. The zero-order valence-corrected chi connectivity index (χ0v) is 13.4. The largest absolute Gasteiger partial charge is 0.350 e. The van der Waals surface area contributed by atoms with Crippen LogP contribution in [0.1, 0.15) is 49.5 Å². The summed E-state index contributed by atoms with van der Waals surface area (Å²) in [5.41, 5.74) is 2.66. The maximum Gasteiger partial charge on any atom is 0.254 e. The van der Waals surface area contributed by atoms with Crippen molar-refractivity contribution in [2.75, 3.05) is 5.32 Å². The van der Waals surface area contributed by atoms with Crippen molar-refractivity contribution in [2.45, 2.75) is 39.7 Å². The summed E-state index contributed by atoms with van der Waals surface area (Å²) in [5, 5.41) is 5.93. The maximum atomic E-state index is 11.8. The number of carbonyl (C=O) groups is 1. The van der Waals surface area contributed by atoms with Crippen molar-refractivity contribution < 1.29 is 4.79 Å². The molecule has 2 N–H and O–H groups in total. The van der Waals surface area contributed by atoms with E-state index in [1.165, 1.54) is 18.0 Å². The molecule has 0 fully saturated rings. The number of nitrogens with one attached hydrogen (secondary N) is 2. The SMILES string of the molecule is CC(C)NC(=O)c1cnc(Nc2ccc(C(C)C)cc2)nc1. The van der Waals surface area contributed by atoms with E-state index in [0.717, 1.165) is 5.69 Å². The molecule has 0 bridgehead atoms. The predicted molar refractivity (Wildman–Crippen MR) is 88.4 cm³/mol. The second-order valence-electron chi connectivity index (χ2n) is 5.83. The smallest absolute Gasteiger partial charge is 0.254 e. The van der Waals surface area contributed by atoms with Crippen LogP contribution in [-0.2, 0) is 0 Å². The van der Waals surface area contributed by atoms with Gasteiger partial charge in [-0.25, -0.2) is 9.97 Å². The van der Waals surface area contributed by atoms with E-state index in [0.29, 0.717) is 17.4 Å². The first-order valence-corrected chi connectivity index (χ1v) is 7.45. The number of hydrogen-bond acceptors (Lipinski definition) is 4. The molecule has 0 aliphatic rings. The van der Waals surface area contributed by atoms with Crippen LogP contribution in [0.4, 0.5) is 11.6 Å². The Balaban J connectivity index is 2.03. The average molecular weight is 298 g/mol. The van der Waals surface area contributed by atoms with Crippen molar-refractivity contribution in [1.82, 2.24) is 15.3 Å². The molecule has 1 heterocycles. The molecule has 0 saturated heterocycles. The topological polar surface area (TPSA) is 66.9 Å². The molecule has 0 atom stereocenters. The van der Waals surface area contributed by atoms with Gasteiger partial charge in [-0.05, 0) is 37.5 Å². The van der Waals surface area contributed by atoms with Crippen LogP contribution in [0.15, 0.2) is 36.7 Å². The molecular weight excluding hydrogens is 276 g/mol. The van der Waals surface area contributed by atoms with Gasteiger partial charge in [0.25, 0.3) is 5.91 Å². The lowest BCUT2D eigenvalue weighted by atomic mass is 10.0. The van der Waals surface area contributed by atoms with Crippen molar-refractivity contribution in [3.63, 3.8) is 0 Å². The fraction of sp³-hybridized carbons (Fsp3) is 0.353. The Labute approximate surface area is 131 Å². The molecular formula is C17H22N4O. The predicted octanol–water partition coefficient (Wildman–Crippen LogP) is 3.48. The molecule has 5 heteroatoms. The fourth-order valence-electron chi connectivity index (χ4n) is 1.94. The van der Waals surface area contributed by atoms with E-state index >= 15 is 0 Å². The first kappa shape index (κ1) is 15.9. The molecule has 0 spiro atoms. The number of aromatic nitrogens is 2. The van der Waals surface area contributed by atoms with Crippen LogP contribution in [0.3, 0.4) is 0 Å². The van der Waals surface area contributed by atoms with E-state index in [1.807, 2.05) is 26.0 Å². The van der Waals surface area contributed by atoms with Crippen molar-refractivity contribution in [1.29, 1.82) is 0 Å². The Hall–Kier alpha value is -2.43. The summed E-state index contributed by atoms with van der Waals surface area (Å²) in [4.78, 5) is 20.2. The van der Waals surface area contributed by atoms with Gasteiger partial charge in [0.05, 0.1) is 5.56 Å². The summed E-state index contributed by atoms with van der Waals surface area (Å²) in [6, 6.07) is 8.25. The highest BCUT2D eigenvalue weighted by atomic mass is 16.1. The molecule has 1 aromatic carbocycles. The second kappa shape index (κ2) is 7.02. The van der Waals surface area contributed by atoms with E-state index in [1.54, 1.807) is 0 Å². The van der Waals surface area contributed by atoms with Gasteiger partial charge in [-0.1, -0.05) is 26.0 Å². The Morgan fingerprint density at radius 1 is 1.00 bits per heavy atom. The normalized spacial score (nSPS) is 10.8. The minimum atomic E-state index is -0.164. The van der Waals surface area contributed by atoms with E-state index in [4.69, 9.17) is 0 Å². The average Bonchev–Trinajstić information content (AvgIpc) is 2.48. The van der Waals surface area contributed by atoms with E-state index < -0.39 is 0 Å². The standard InChI is InChI=1S/C17H22N4O/c1-11(2)13-5-7-15(8-6-13)21-17-18-9-14(10-19-17)16(22)20-12(3)4/h5-12H,1-4H3,(H,20,22)(H,18,19,21). The zero-order chi connectivity index (χ0) is 16.1. The van der Waals surface area contributed by atoms with Crippen molar-refractivity contribution >= 4 is 17.5 Å². The van der Waals surface area contributed by atoms with E-state index in [2.05, 4.69) is 46.6 Å². The first-order chi connectivity index (χ1) is 10.5. The van der Waals surface area contributed by atoms with Gasteiger partial charge >= 0.3 is 0 Å². The third-order valence-electron chi connectivity index (χ3n) is 3.17. The summed E-state index contributed by atoms with van der Waals surface area (Å²) >= 11 is 0. The molecule has 22 heavy (non-hydrogen) atoms. The molecule has 0 aliphatic heterocycles. The minimum absolute atomic E-state index is 0.0878. The number of benzene rings is 1. The minimum Gasteiger partial charge on any atom is -0.350 e. The molecule has 1 aromatic heterocycles. The van der Waals surface area contributed by atoms with Gasteiger partial charge in [0.1, 0.15) is 0 Å². The number of hydrogen-bond donors (Lipinski definition) is 2. The second-order valence-corrected chi connectivity index (χ2v) is 5.83. The number of rotatable bonds is 5. The molecule has 116 valence electrons. The lowest BCUT2D eigenvalue weighted by Gasteiger charge is -2.09. The van der Waals surface area contributed by atoms with Crippen LogP contribution in [-0.4, -0.2) is 21.9 Å². The van der Waals surface area contributed by atoms with Crippen LogP contribution < -0.4 is 10.6 Å². The third kappa shape index (κ3) is 4.28. The highest BCUT2D eigenvalue weighted by Gasteiger charge is 2.08. The molecule has 0 radical (unpaired) electrons.